The number of benzene rings is 2. The number of nitro benzene ring substituents is 1. The van der Waals surface area contributed by atoms with E-state index in [1.54, 1.807) is 12.1 Å². The Morgan fingerprint density at radius 3 is 2.37 bits per heavy atom. The molecule has 0 bridgehead atoms. The van der Waals surface area contributed by atoms with E-state index < -0.39 is 0 Å². The fourth-order valence-electron chi connectivity index (χ4n) is 3.37. The summed E-state index contributed by atoms with van der Waals surface area (Å²) < 4.78 is 0. The smallest absolute Gasteiger partial charge is 0.292 e. The second kappa shape index (κ2) is 7.26. The van der Waals surface area contributed by atoms with Crippen LogP contribution in [0, 0.1) is 10.1 Å². The Balaban J connectivity index is 1.44. The van der Waals surface area contributed by atoms with Crippen molar-refractivity contribution >= 4 is 23.0 Å². The van der Waals surface area contributed by atoms with Gasteiger partial charge in [0.2, 0.25) is 0 Å². The molecule has 1 aliphatic heterocycles. The molecular weight excluding hydrogens is 344 g/mol. The third-order valence-electron chi connectivity index (χ3n) is 5.07. The number of nitrogens with one attached hydrogen (secondary N) is 1. The topological polar surface area (TPSA) is 78.7 Å². The summed E-state index contributed by atoms with van der Waals surface area (Å²) in [5.74, 6) is 0.0510. The van der Waals surface area contributed by atoms with Crippen molar-refractivity contribution in [2.75, 3.05) is 36.4 Å². The van der Waals surface area contributed by atoms with Crippen LogP contribution in [0.5, 0.6) is 0 Å². The van der Waals surface area contributed by atoms with Crippen LogP contribution in [-0.2, 0) is 0 Å². The molecule has 2 aromatic carbocycles. The van der Waals surface area contributed by atoms with Gasteiger partial charge in [-0.15, -0.1) is 0 Å². The number of piperazine rings is 1. The molecule has 1 amide bonds. The molecule has 1 saturated heterocycles. The molecule has 4 rings (SSSR count). The molecule has 0 radical (unpaired) electrons. The molecule has 7 nitrogen and oxygen atoms in total. The van der Waals surface area contributed by atoms with Crippen LogP contribution < -0.4 is 10.2 Å². The monoisotopic (exact) mass is 366 g/mol. The molecule has 2 aromatic rings. The Labute approximate surface area is 157 Å². The number of nitro groups is 1. The van der Waals surface area contributed by atoms with Gasteiger partial charge in [-0.2, -0.15) is 0 Å². The summed E-state index contributed by atoms with van der Waals surface area (Å²) in [7, 11) is 0. The summed E-state index contributed by atoms with van der Waals surface area (Å²) in [6.45, 7) is 2.69. The molecular formula is C20H22N4O3. The number of carbonyl (C=O) groups is 1. The van der Waals surface area contributed by atoms with Gasteiger partial charge in [0.1, 0.15) is 5.69 Å². The first kappa shape index (κ1) is 17.3. The van der Waals surface area contributed by atoms with Crippen molar-refractivity contribution in [3.63, 3.8) is 0 Å². The molecule has 1 N–H and O–H groups in total. The van der Waals surface area contributed by atoms with Crippen LogP contribution in [0.2, 0.25) is 0 Å². The van der Waals surface area contributed by atoms with E-state index in [0.717, 1.165) is 18.5 Å². The van der Waals surface area contributed by atoms with Crippen molar-refractivity contribution in [2.24, 2.45) is 0 Å². The number of amides is 1. The minimum Gasteiger partial charge on any atom is -0.377 e. The highest BCUT2D eigenvalue weighted by Gasteiger charge is 2.27. The van der Waals surface area contributed by atoms with Gasteiger partial charge in [0, 0.05) is 49.5 Å². The van der Waals surface area contributed by atoms with Gasteiger partial charge in [-0.1, -0.05) is 18.2 Å². The third-order valence-corrected chi connectivity index (χ3v) is 5.07. The Kier molecular flexibility index (Phi) is 4.66. The Hall–Kier alpha value is -3.09. The summed E-state index contributed by atoms with van der Waals surface area (Å²) in [6, 6.07) is 14.9. The maximum atomic E-state index is 12.6. The van der Waals surface area contributed by atoms with Crippen LogP contribution in [0.4, 0.5) is 17.1 Å². The zero-order chi connectivity index (χ0) is 18.8. The van der Waals surface area contributed by atoms with E-state index in [4.69, 9.17) is 0 Å². The van der Waals surface area contributed by atoms with Crippen LogP contribution in [0.25, 0.3) is 0 Å². The highest BCUT2D eigenvalue weighted by atomic mass is 16.6. The van der Waals surface area contributed by atoms with E-state index in [1.165, 1.54) is 0 Å². The van der Waals surface area contributed by atoms with Gasteiger partial charge >= 0.3 is 0 Å². The molecule has 1 aliphatic carbocycles. The van der Waals surface area contributed by atoms with E-state index in [-0.39, 0.29) is 16.5 Å². The number of nitrogens with zero attached hydrogens (tertiary/aromatic N) is 3. The number of rotatable bonds is 5. The first-order chi connectivity index (χ1) is 13.1. The minimum atomic E-state index is -0.342. The van der Waals surface area contributed by atoms with Crippen LogP contribution >= 0.6 is 0 Å². The lowest BCUT2D eigenvalue weighted by atomic mass is 10.1. The van der Waals surface area contributed by atoms with Gasteiger partial charge in [-0.25, -0.2) is 0 Å². The highest BCUT2D eigenvalue weighted by Crippen LogP contribution is 2.34. The molecule has 0 unspecified atom stereocenters. The first-order valence-corrected chi connectivity index (χ1v) is 9.26. The fourth-order valence-corrected chi connectivity index (χ4v) is 3.37. The van der Waals surface area contributed by atoms with Gasteiger partial charge in [-0.05, 0) is 37.1 Å². The average Bonchev–Trinajstić information content (AvgIpc) is 3.52. The Morgan fingerprint density at radius 1 is 1.04 bits per heavy atom. The summed E-state index contributed by atoms with van der Waals surface area (Å²) in [6.07, 6.45) is 2.11. The van der Waals surface area contributed by atoms with Crippen molar-refractivity contribution in [2.45, 2.75) is 18.9 Å². The second-order valence-corrected chi connectivity index (χ2v) is 7.02. The lowest BCUT2D eigenvalue weighted by Gasteiger charge is -2.36. The number of carbonyl (C=O) groups excluding carboxylic acids is 1. The minimum absolute atomic E-state index is 0.0510. The van der Waals surface area contributed by atoms with Crippen molar-refractivity contribution in [3.8, 4) is 0 Å². The lowest BCUT2D eigenvalue weighted by Crippen LogP contribution is -2.48. The quantitative estimate of drug-likeness (QED) is 0.650. The molecule has 2 aliphatic rings. The van der Waals surface area contributed by atoms with E-state index in [1.807, 2.05) is 41.3 Å². The van der Waals surface area contributed by atoms with E-state index in [2.05, 4.69) is 10.2 Å². The molecule has 0 atom stereocenters. The second-order valence-electron chi connectivity index (χ2n) is 7.02. The van der Waals surface area contributed by atoms with Gasteiger partial charge in [0.15, 0.2) is 0 Å². The van der Waals surface area contributed by atoms with Gasteiger partial charge in [0.05, 0.1) is 4.92 Å². The van der Waals surface area contributed by atoms with E-state index in [9.17, 15) is 14.9 Å². The predicted octanol–water partition coefficient (Wildman–Crippen LogP) is 3.13. The SMILES string of the molecule is O=C(c1ccccc1)N1CCN(c2ccc([N+](=O)[O-])c(NC3CC3)c2)CC1. The summed E-state index contributed by atoms with van der Waals surface area (Å²) in [5.41, 5.74) is 2.36. The summed E-state index contributed by atoms with van der Waals surface area (Å²) >= 11 is 0. The molecule has 27 heavy (non-hydrogen) atoms. The maximum absolute atomic E-state index is 12.6. The predicted molar refractivity (Wildman–Crippen MR) is 104 cm³/mol. The fraction of sp³-hybridized carbons (Fsp3) is 0.350. The van der Waals surface area contributed by atoms with E-state index in [0.29, 0.717) is 43.5 Å². The zero-order valence-corrected chi connectivity index (χ0v) is 15.0. The van der Waals surface area contributed by atoms with Gasteiger partial charge in [-0.3, -0.25) is 14.9 Å². The molecule has 1 saturated carbocycles. The number of hydrogen-bond donors (Lipinski definition) is 1. The van der Waals surface area contributed by atoms with Crippen molar-refractivity contribution in [3.05, 3.63) is 64.2 Å². The molecule has 1 heterocycles. The normalized spacial score (nSPS) is 16.9. The van der Waals surface area contributed by atoms with Crippen LogP contribution in [-0.4, -0.2) is 48.0 Å². The Bertz CT molecular complexity index is 844. The number of hydrogen-bond acceptors (Lipinski definition) is 5. The van der Waals surface area contributed by atoms with Crippen LogP contribution in [0.15, 0.2) is 48.5 Å². The van der Waals surface area contributed by atoms with E-state index >= 15 is 0 Å². The lowest BCUT2D eigenvalue weighted by molar-refractivity contribution is -0.384. The Morgan fingerprint density at radius 2 is 1.74 bits per heavy atom. The molecule has 140 valence electrons. The molecule has 0 aromatic heterocycles. The summed E-state index contributed by atoms with van der Waals surface area (Å²) in [4.78, 5) is 27.5. The van der Waals surface area contributed by atoms with Gasteiger partial charge < -0.3 is 15.1 Å². The molecule has 7 heteroatoms. The van der Waals surface area contributed by atoms with Crippen molar-refractivity contribution in [1.29, 1.82) is 0 Å². The zero-order valence-electron chi connectivity index (χ0n) is 15.0. The van der Waals surface area contributed by atoms with Crippen molar-refractivity contribution in [1.82, 2.24) is 4.90 Å². The first-order valence-electron chi connectivity index (χ1n) is 9.26. The average molecular weight is 366 g/mol. The van der Waals surface area contributed by atoms with Gasteiger partial charge in [0.25, 0.3) is 11.6 Å². The van der Waals surface area contributed by atoms with Crippen LogP contribution in [0.3, 0.4) is 0 Å². The van der Waals surface area contributed by atoms with Crippen LogP contribution in [0.1, 0.15) is 23.2 Å². The third kappa shape index (κ3) is 3.86. The standard InChI is InChI=1S/C20H22N4O3/c25-20(15-4-2-1-3-5-15)23-12-10-22(11-13-23)17-8-9-19(24(26)27)18(14-17)21-16-6-7-16/h1-5,8-9,14,16,21H,6-7,10-13H2. The van der Waals surface area contributed by atoms with Crippen molar-refractivity contribution < 1.29 is 9.72 Å². The largest absolute Gasteiger partial charge is 0.377 e. The molecule has 2 fully saturated rings. The maximum Gasteiger partial charge on any atom is 0.292 e. The number of anilines is 2. The summed E-state index contributed by atoms with van der Waals surface area (Å²) in [5, 5.41) is 14.5. The highest BCUT2D eigenvalue weighted by molar-refractivity contribution is 5.94. The molecule has 0 spiro atoms.